The van der Waals surface area contributed by atoms with Crippen molar-refractivity contribution in [1.82, 2.24) is 0 Å². The Bertz CT molecular complexity index is 1290. The summed E-state index contributed by atoms with van der Waals surface area (Å²) in [6, 6.07) is 30.7. The summed E-state index contributed by atoms with van der Waals surface area (Å²) in [5.74, 6) is 0. The molecule has 0 atom stereocenters. The fourth-order valence-corrected chi connectivity index (χ4v) is 4.88. The first-order valence-corrected chi connectivity index (χ1v) is 9.99. The lowest BCUT2D eigenvalue weighted by Gasteiger charge is -2.12. The van der Waals surface area contributed by atoms with E-state index in [0.29, 0.717) is 5.46 Å². The molecule has 4 heteroatoms. The number of hydrogen-bond acceptors (Lipinski definition) is 3. The van der Waals surface area contributed by atoms with Crippen molar-refractivity contribution in [3.8, 4) is 22.3 Å². The van der Waals surface area contributed by atoms with Gasteiger partial charge in [0.2, 0.25) is 0 Å². The molecule has 0 saturated heterocycles. The van der Waals surface area contributed by atoms with Gasteiger partial charge in [-0.1, -0.05) is 72.8 Å². The van der Waals surface area contributed by atoms with E-state index in [0.717, 1.165) is 22.3 Å². The molecule has 134 valence electrons. The van der Waals surface area contributed by atoms with Crippen LogP contribution in [0.5, 0.6) is 0 Å². The zero-order valence-corrected chi connectivity index (χ0v) is 15.9. The van der Waals surface area contributed by atoms with Crippen LogP contribution >= 0.6 is 11.3 Å². The maximum atomic E-state index is 9.81. The van der Waals surface area contributed by atoms with Crippen molar-refractivity contribution in [2.45, 2.75) is 0 Å². The first-order valence-electron chi connectivity index (χ1n) is 9.18. The van der Waals surface area contributed by atoms with E-state index in [1.165, 1.54) is 20.2 Å². The number of benzene rings is 4. The van der Waals surface area contributed by atoms with Crippen LogP contribution in [0.25, 0.3) is 42.4 Å². The highest BCUT2D eigenvalue weighted by molar-refractivity contribution is 7.25. The molecule has 0 bridgehead atoms. The van der Waals surface area contributed by atoms with Crippen LogP contribution in [0.15, 0.2) is 91.0 Å². The molecule has 0 spiro atoms. The summed E-state index contributed by atoms with van der Waals surface area (Å²) in [4.78, 5) is 0. The highest BCUT2D eigenvalue weighted by Gasteiger charge is 2.18. The molecule has 0 aliphatic carbocycles. The molecular weight excluding hydrogens is 363 g/mol. The van der Waals surface area contributed by atoms with Gasteiger partial charge in [0.05, 0.1) is 0 Å². The first kappa shape index (κ1) is 17.2. The van der Waals surface area contributed by atoms with Gasteiger partial charge in [0.1, 0.15) is 0 Å². The van der Waals surface area contributed by atoms with Gasteiger partial charge in [-0.2, -0.15) is 0 Å². The summed E-state index contributed by atoms with van der Waals surface area (Å²) < 4.78 is 2.55. The summed E-state index contributed by atoms with van der Waals surface area (Å²) in [5, 5.41) is 22.2. The molecule has 5 aromatic rings. The minimum atomic E-state index is -1.51. The van der Waals surface area contributed by atoms with Crippen LogP contribution in [0.1, 0.15) is 0 Å². The third-order valence-corrected chi connectivity index (χ3v) is 6.26. The summed E-state index contributed by atoms with van der Waals surface area (Å²) in [6.07, 6.45) is 0. The molecule has 4 aromatic carbocycles. The predicted molar refractivity (Wildman–Crippen MR) is 120 cm³/mol. The molecule has 1 heterocycles. The van der Waals surface area contributed by atoms with Crippen molar-refractivity contribution in [2.24, 2.45) is 0 Å². The van der Waals surface area contributed by atoms with Gasteiger partial charge in [0, 0.05) is 20.2 Å². The monoisotopic (exact) mass is 380 g/mol. The Balaban J connectivity index is 1.67. The minimum Gasteiger partial charge on any atom is -0.423 e. The van der Waals surface area contributed by atoms with Crippen LogP contribution < -0.4 is 5.46 Å². The van der Waals surface area contributed by atoms with E-state index < -0.39 is 7.12 Å². The van der Waals surface area contributed by atoms with E-state index in [9.17, 15) is 10.0 Å². The summed E-state index contributed by atoms with van der Waals surface area (Å²) in [7, 11) is -1.51. The quantitative estimate of drug-likeness (QED) is 0.429. The maximum absolute atomic E-state index is 9.81. The average Bonchev–Trinajstić information content (AvgIpc) is 3.11. The van der Waals surface area contributed by atoms with Gasteiger partial charge in [-0.15, -0.1) is 11.3 Å². The molecule has 0 amide bonds. The highest BCUT2D eigenvalue weighted by Crippen LogP contribution is 2.36. The normalized spacial score (nSPS) is 11.2. The summed E-state index contributed by atoms with van der Waals surface area (Å²) in [5.41, 5.74) is 4.50. The number of thiophene rings is 1. The Morgan fingerprint density at radius 1 is 0.571 bits per heavy atom. The second kappa shape index (κ2) is 6.91. The standard InChI is InChI=1S/C24H17BO2S/c26-25(27)22-13-11-17(14-21(22)16-6-2-1-3-7-16)18-10-12-20-19-8-4-5-9-23(19)28-24(20)15-18/h1-15,26-27H. The molecule has 5 rings (SSSR count). The lowest BCUT2D eigenvalue weighted by molar-refractivity contribution is 0.426. The number of fused-ring (bicyclic) bond motifs is 3. The molecule has 2 N–H and O–H groups in total. The molecule has 0 fully saturated rings. The fourth-order valence-electron chi connectivity index (χ4n) is 3.73. The fraction of sp³-hybridized carbons (Fsp3) is 0. The van der Waals surface area contributed by atoms with E-state index in [2.05, 4.69) is 42.5 Å². The molecule has 0 unspecified atom stereocenters. The maximum Gasteiger partial charge on any atom is 0.489 e. The van der Waals surface area contributed by atoms with E-state index >= 15 is 0 Å². The molecular formula is C24H17BO2S. The average molecular weight is 380 g/mol. The first-order chi connectivity index (χ1) is 13.7. The van der Waals surface area contributed by atoms with Crippen molar-refractivity contribution in [3.05, 3.63) is 91.0 Å². The van der Waals surface area contributed by atoms with Crippen LogP contribution in [0.4, 0.5) is 0 Å². The van der Waals surface area contributed by atoms with Crippen molar-refractivity contribution in [3.63, 3.8) is 0 Å². The van der Waals surface area contributed by atoms with Crippen molar-refractivity contribution >= 4 is 44.1 Å². The molecule has 0 aliphatic rings. The number of hydrogen-bond donors (Lipinski definition) is 2. The van der Waals surface area contributed by atoms with Gasteiger partial charge in [-0.25, -0.2) is 0 Å². The van der Waals surface area contributed by atoms with E-state index in [-0.39, 0.29) is 0 Å². The van der Waals surface area contributed by atoms with E-state index in [4.69, 9.17) is 0 Å². The third-order valence-electron chi connectivity index (χ3n) is 5.13. The van der Waals surface area contributed by atoms with Gasteiger partial charge in [-0.05, 0) is 45.9 Å². The molecule has 2 nitrogen and oxygen atoms in total. The molecule has 0 saturated carbocycles. The lowest BCUT2D eigenvalue weighted by Crippen LogP contribution is -2.31. The molecule has 0 aliphatic heterocycles. The minimum absolute atomic E-state index is 0.512. The predicted octanol–water partition coefficient (Wildman–Crippen LogP) is 5.07. The van der Waals surface area contributed by atoms with Gasteiger partial charge in [-0.3, -0.25) is 0 Å². The Hall–Kier alpha value is -2.92. The largest absolute Gasteiger partial charge is 0.489 e. The SMILES string of the molecule is OB(O)c1ccc(-c2ccc3c(c2)sc2ccccc23)cc1-c1ccccc1. The zero-order chi connectivity index (χ0) is 19.1. The van der Waals surface area contributed by atoms with E-state index in [1.807, 2.05) is 42.5 Å². The van der Waals surface area contributed by atoms with Crippen LogP contribution in [-0.4, -0.2) is 17.2 Å². The molecule has 28 heavy (non-hydrogen) atoms. The van der Waals surface area contributed by atoms with Crippen molar-refractivity contribution in [1.29, 1.82) is 0 Å². The molecule has 1 aromatic heterocycles. The lowest BCUT2D eigenvalue weighted by atomic mass is 9.74. The van der Waals surface area contributed by atoms with Crippen LogP contribution in [0.2, 0.25) is 0 Å². The number of rotatable bonds is 3. The van der Waals surface area contributed by atoms with Gasteiger partial charge in [0.15, 0.2) is 0 Å². The van der Waals surface area contributed by atoms with Crippen LogP contribution in [0, 0.1) is 0 Å². The van der Waals surface area contributed by atoms with Gasteiger partial charge < -0.3 is 10.0 Å². The van der Waals surface area contributed by atoms with E-state index in [1.54, 1.807) is 17.4 Å². The smallest absolute Gasteiger partial charge is 0.423 e. The topological polar surface area (TPSA) is 40.5 Å². The molecule has 0 radical (unpaired) electrons. The zero-order valence-electron chi connectivity index (χ0n) is 15.0. The Kier molecular flexibility index (Phi) is 4.25. The van der Waals surface area contributed by atoms with Gasteiger partial charge >= 0.3 is 7.12 Å². The Labute approximate surface area is 167 Å². The summed E-state index contributed by atoms with van der Waals surface area (Å²) in [6.45, 7) is 0. The van der Waals surface area contributed by atoms with Crippen molar-refractivity contribution < 1.29 is 10.0 Å². The van der Waals surface area contributed by atoms with Crippen molar-refractivity contribution in [2.75, 3.05) is 0 Å². The summed E-state index contributed by atoms with van der Waals surface area (Å²) >= 11 is 1.80. The second-order valence-corrected chi connectivity index (χ2v) is 7.93. The third kappa shape index (κ3) is 2.92. The van der Waals surface area contributed by atoms with Crippen LogP contribution in [0.3, 0.4) is 0 Å². The highest BCUT2D eigenvalue weighted by atomic mass is 32.1. The van der Waals surface area contributed by atoms with Crippen LogP contribution in [-0.2, 0) is 0 Å². The van der Waals surface area contributed by atoms with Gasteiger partial charge in [0.25, 0.3) is 0 Å². The Morgan fingerprint density at radius 3 is 2.07 bits per heavy atom. The Morgan fingerprint density at radius 2 is 1.25 bits per heavy atom. The second-order valence-electron chi connectivity index (χ2n) is 6.85.